The van der Waals surface area contributed by atoms with E-state index in [1.54, 1.807) is 0 Å². The molecule has 1 aliphatic rings. The van der Waals surface area contributed by atoms with Crippen molar-refractivity contribution >= 4 is 11.4 Å². The van der Waals surface area contributed by atoms with Crippen molar-refractivity contribution in [1.29, 1.82) is 0 Å². The molecule has 0 aromatic heterocycles. The highest BCUT2D eigenvalue weighted by Crippen LogP contribution is 2.40. The molecule has 124 valence electrons. The molecular weight excluding hydrogens is 314 g/mol. The molecule has 0 saturated heterocycles. The summed E-state index contributed by atoms with van der Waals surface area (Å²) < 4.78 is 0. The van der Waals surface area contributed by atoms with Gasteiger partial charge in [-0.25, -0.2) is 0 Å². The van der Waals surface area contributed by atoms with E-state index in [0.717, 1.165) is 17.8 Å². The van der Waals surface area contributed by atoms with E-state index in [2.05, 4.69) is 96.3 Å². The Balaban J connectivity index is 1.54. The fourth-order valence-electron chi connectivity index (χ4n) is 3.74. The van der Waals surface area contributed by atoms with Crippen LogP contribution in [-0.4, -0.2) is 0 Å². The summed E-state index contributed by atoms with van der Waals surface area (Å²) in [5, 5.41) is 3.51. The van der Waals surface area contributed by atoms with Crippen LogP contribution < -0.4 is 5.32 Å². The van der Waals surface area contributed by atoms with Crippen molar-refractivity contribution in [3.63, 3.8) is 0 Å². The molecule has 0 spiro atoms. The van der Waals surface area contributed by atoms with Gasteiger partial charge in [-0.15, -0.1) is 0 Å². The molecule has 0 radical (unpaired) electrons. The predicted molar refractivity (Wildman–Crippen MR) is 110 cm³/mol. The van der Waals surface area contributed by atoms with E-state index < -0.39 is 0 Å². The summed E-state index contributed by atoms with van der Waals surface area (Å²) in [6.07, 6.45) is 1.02. The number of hydrogen-bond donors (Lipinski definition) is 1. The van der Waals surface area contributed by atoms with Crippen molar-refractivity contribution < 1.29 is 0 Å². The van der Waals surface area contributed by atoms with Crippen LogP contribution in [0.1, 0.15) is 11.1 Å². The van der Waals surface area contributed by atoms with Crippen LogP contribution in [0.2, 0.25) is 0 Å². The Hall–Kier alpha value is -3.32. The first-order chi connectivity index (χ1) is 12.9. The number of para-hydroxylation sites is 1. The molecule has 26 heavy (non-hydrogen) atoms. The summed E-state index contributed by atoms with van der Waals surface area (Å²) in [4.78, 5) is 0. The van der Waals surface area contributed by atoms with Crippen LogP contribution in [0, 0.1) is 0 Å². The van der Waals surface area contributed by atoms with Crippen LogP contribution in [0.5, 0.6) is 0 Å². The normalized spacial score (nSPS) is 11.7. The lowest BCUT2D eigenvalue weighted by Crippen LogP contribution is -1.90. The summed E-state index contributed by atoms with van der Waals surface area (Å²) >= 11 is 0. The molecule has 0 heterocycles. The lowest BCUT2D eigenvalue weighted by molar-refractivity contribution is 1.26. The molecule has 0 atom stereocenters. The molecular formula is C25H19N. The maximum Gasteiger partial charge on any atom is 0.0390 e. The van der Waals surface area contributed by atoms with E-state index in [0.29, 0.717) is 0 Å². The highest BCUT2D eigenvalue weighted by Gasteiger charge is 2.19. The van der Waals surface area contributed by atoms with Crippen LogP contribution in [0.25, 0.3) is 22.3 Å². The maximum absolute atomic E-state index is 3.51. The van der Waals surface area contributed by atoms with Gasteiger partial charge in [0.2, 0.25) is 0 Å². The fraction of sp³-hybridized carbons (Fsp3) is 0.0400. The molecule has 1 nitrogen and oxygen atoms in total. The van der Waals surface area contributed by atoms with Crippen molar-refractivity contribution in [3.05, 3.63) is 108 Å². The second kappa shape index (κ2) is 6.20. The topological polar surface area (TPSA) is 12.0 Å². The van der Waals surface area contributed by atoms with Crippen LogP contribution in [-0.2, 0) is 6.42 Å². The predicted octanol–water partition coefficient (Wildman–Crippen LogP) is 6.67. The molecule has 0 amide bonds. The van der Waals surface area contributed by atoms with Gasteiger partial charge < -0.3 is 5.32 Å². The summed E-state index contributed by atoms with van der Waals surface area (Å²) in [5.41, 5.74) is 10.3. The van der Waals surface area contributed by atoms with Crippen LogP contribution in [0.15, 0.2) is 97.1 Å². The monoisotopic (exact) mass is 333 g/mol. The lowest BCUT2D eigenvalue weighted by Gasteiger charge is -2.10. The molecule has 1 heteroatoms. The van der Waals surface area contributed by atoms with E-state index in [1.807, 2.05) is 6.07 Å². The highest BCUT2D eigenvalue weighted by molar-refractivity contribution is 5.83. The summed E-state index contributed by atoms with van der Waals surface area (Å²) in [7, 11) is 0. The van der Waals surface area contributed by atoms with Gasteiger partial charge in [0.25, 0.3) is 0 Å². The molecule has 0 bridgehead atoms. The van der Waals surface area contributed by atoms with Gasteiger partial charge in [-0.3, -0.25) is 0 Å². The van der Waals surface area contributed by atoms with E-state index >= 15 is 0 Å². The average molecular weight is 333 g/mol. The second-order valence-electron chi connectivity index (χ2n) is 6.78. The standard InChI is InChI=1S/C25H19N/c1-3-7-18(8-4-1)19-11-12-20-15-21-13-14-23(17-25(21)24(20)16-19)26-22-9-5-2-6-10-22/h1-14,16-17,26H,15H2. The van der Waals surface area contributed by atoms with E-state index in [9.17, 15) is 0 Å². The Kier molecular flexibility index (Phi) is 3.57. The number of fused-ring (bicyclic) bond motifs is 3. The minimum atomic E-state index is 1.02. The van der Waals surface area contributed by atoms with Gasteiger partial charge >= 0.3 is 0 Å². The average Bonchev–Trinajstić information content (AvgIpc) is 3.07. The SMILES string of the molecule is c1ccc(Nc2ccc3c(c2)-c2cc(-c4ccccc4)ccc2C3)cc1. The Morgan fingerprint density at radius 1 is 0.500 bits per heavy atom. The third kappa shape index (κ3) is 2.68. The third-order valence-electron chi connectivity index (χ3n) is 5.06. The quantitative estimate of drug-likeness (QED) is 0.389. The second-order valence-corrected chi connectivity index (χ2v) is 6.78. The molecule has 4 aromatic rings. The van der Waals surface area contributed by atoms with E-state index in [-0.39, 0.29) is 0 Å². The zero-order chi connectivity index (χ0) is 17.3. The fourth-order valence-corrected chi connectivity index (χ4v) is 3.74. The molecule has 5 rings (SSSR count). The zero-order valence-electron chi connectivity index (χ0n) is 14.4. The van der Waals surface area contributed by atoms with Gasteiger partial charge in [0.05, 0.1) is 0 Å². The molecule has 1 aliphatic carbocycles. The first-order valence-electron chi connectivity index (χ1n) is 9.00. The first-order valence-corrected chi connectivity index (χ1v) is 9.00. The Morgan fingerprint density at radius 2 is 1.15 bits per heavy atom. The third-order valence-corrected chi connectivity index (χ3v) is 5.06. The Labute approximate surface area is 154 Å². The van der Waals surface area contributed by atoms with Gasteiger partial charge in [-0.1, -0.05) is 66.7 Å². The lowest BCUT2D eigenvalue weighted by atomic mass is 9.98. The number of hydrogen-bond acceptors (Lipinski definition) is 1. The highest BCUT2D eigenvalue weighted by atomic mass is 14.9. The van der Waals surface area contributed by atoms with Crippen molar-refractivity contribution in [1.82, 2.24) is 0 Å². The van der Waals surface area contributed by atoms with Crippen LogP contribution in [0.4, 0.5) is 11.4 Å². The van der Waals surface area contributed by atoms with Gasteiger partial charge in [0.1, 0.15) is 0 Å². The molecule has 0 saturated carbocycles. The molecule has 1 N–H and O–H groups in total. The first kappa shape index (κ1) is 15.0. The van der Waals surface area contributed by atoms with Crippen molar-refractivity contribution in [2.75, 3.05) is 5.32 Å². The largest absolute Gasteiger partial charge is 0.356 e. The zero-order valence-corrected chi connectivity index (χ0v) is 14.4. The molecule has 0 aliphatic heterocycles. The number of anilines is 2. The number of benzene rings is 4. The summed E-state index contributed by atoms with van der Waals surface area (Å²) in [6, 6.07) is 34.5. The van der Waals surface area contributed by atoms with Crippen LogP contribution in [0.3, 0.4) is 0 Å². The number of rotatable bonds is 3. The van der Waals surface area contributed by atoms with Gasteiger partial charge in [-0.2, -0.15) is 0 Å². The summed E-state index contributed by atoms with van der Waals surface area (Å²) in [5.74, 6) is 0. The Morgan fingerprint density at radius 3 is 1.92 bits per heavy atom. The summed E-state index contributed by atoms with van der Waals surface area (Å²) in [6.45, 7) is 0. The van der Waals surface area contributed by atoms with Crippen molar-refractivity contribution in [2.24, 2.45) is 0 Å². The minimum Gasteiger partial charge on any atom is -0.356 e. The smallest absolute Gasteiger partial charge is 0.0390 e. The van der Waals surface area contributed by atoms with Crippen LogP contribution >= 0.6 is 0 Å². The van der Waals surface area contributed by atoms with Gasteiger partial charge in [0.15, 0.2) is 0 Å². The van der Waals surface area contributed by atoms with Crippen molar-refractivity contribution in [3.8, 4) is 22.3 Å². The minimum absolute atomic E-state index is 1.02. The van der Waals surface area contributed by atoms with E-state index in [4.69, 9.17) is 0 Å². The van der Waals surface area contributed by atoms with Crippen molar-refractivity contribution in [2.45, 2.75) is 6.42 Å². The van der Waals surface area contributed by atoms with Gasteiger partial charge in [0, 0.05) is 11.4 Å². The van der Waals surface area contributed by atoms with Gasteiger partial charge in [-0.05, 0) is 70.1 Å². The Bertz CT molecular complexity index is 1070. The number of nitrogens with one attached hydrogen (secondary N) is 1. The maximum atomic E-state index is 3.51. The molecule has 0 unspecified atom stereocenters. The van der Waals surface area contributed by atoms with E-state index in [1.165, 1.54) is 33.4 Å². The molecule has 0 fully saturated rings. The molecule has 4 aromatic carbocycles.